The van der Waals surface area contributed by atoms with Gasteiger partial charge in [0.1, 0.15) is 0 Å². The van der Waals surface area contributed by atoms with Crippen molar-refractivity contribution in [3.8, 4) is 0 Å². The minimum atomic E-state index is 0.775. The number of rotatable bonds is 9. The first-order valence-electron chi connectivity index (χ1n) is 7.93. The highest BCUT2D eigenvalue weighted by molar-refractivity contribution is 4.87. The summed E-state index contributed by atoms with van der Waals surface area (Å²) in [4.78, 5) is 5.22. The first-order chi connectivity index (χ1) is 8.76. The molecule has 0 amide bonds. The molecule has 3 heteroatoms. The molecule has 1 fully saturated rings. The Bertz CT molecular complexity index is 204. The Hall–Kier alpha value is -0.120. The van der Waals surface area contributed by atoms with Crippen molar-refractivity contribution in [2.75, 3.05) is 45.8 Å². The van der Waals surface area contributed by atoms with E-state index in [2.05, 4.69) is 42.8 Å². The Morgan fingerprint density at radius 2 is 1.67 bits per heavy atom. The Balaban J connectivity index is 2.32. The summed E-state index contributed by atoms with van der Waals surface area (Å²) >= 11 is 0. The van der Waals surface area contributed by atoms with Crippen molar-refractivity contribution >= 4 is 0 Å². The number of nitrogens with one attached hydrogen (secondary N) is 1. The molecular weight excluding hydrogens is 222 g/mol. The van der Waals surface area contributed by atoms with Gasteiger partial charge in [-0.15, -0.1) is 0 Å². The van der Waals surface area contributed by atoms with Crippen LogP contribution in [0.4, 0.5) is 0 Å². The molecule has 1 N–H and O–H groups in total. The molecule has 1 heterocycles. The van der Waals surface area contributed by atoms with Gasteiger partial charge in [-0.25, -0.2) is 0 Å². The van der Waals surface area contributed by atoms with Gasteiger partial charge in [0.05, 0.1) is 0 Å². The molecule has 0 aromatic rings. The Kier molecular flexibility index (Phi) is 7.87. The standard InChI is InChI=1S/C15H33N3/c1-5-14-12-16-13-15(14)18(8-4)11-9-10-17(6-2)7-3/h14-16H,5-13H2,1-4H3. The molecular formula is C15H33N3. The minimum Gasteiger partial charge on any atom is -0.315 e. The van der Waals surface area contributed by atoms with Gasteiger partial charge in [0, 0.05) is 12.6 Å². The van der Waals surface area contributed by atoms with Crippen LogP contribution in [0.5, 0.6) is 0 Å². The SMILES string of the molecule is CCC1CNCC1N(CC)CCCN(CC)CC. The quantitative estimate of drug-likeness (QED) is 0.680. The van der Waals surface area contributed by atoms with Crippen LogP contribution in [0.1, 0.15) is 40.5 Å². The third-order valence-corrected chi connectivity index (χ3v) is 4.52. The molecule has 0 radical (unpaired) electrons. The van der Waals surface area contributed by atoms with E-state index in [4.69, 9.17) is 0 Å². The second-order valence-electron chi connectivity index (χ2n) is 5.40. The minimum absolute atomic E-state index is 0.775. The molecule has 3 nitrogen and oxygen atoms in total. The lowest BCUT2D eigenvalue weighted by atomic mass is 9.99. The van der Waals surface area contributed by atoms with E-state index in [1.165, 1.54) is 58.7 Å². The van der Waals surface area contributed by atoms with E-state index < -0.39 is 0 Å². The Morgan fingerprint density at radius 1 is 0.944 bits per heavy atom. The number of likely N-dealkylation sites (N-methyl/N-ethyl adjacent to an activating group) is 1. The van der Waals surface area contributed by atoms with Gasteiger partial charge in [-0.05, 0) is 51.6 Å². The highest BCUT2D eigenvalue weighted by atomic mass is 15.2. The van der Waals surface area contributed by atoms with Crippen LogP contribution in [0.15, 0.2) is 0 Å². The average molecular weight is 255 g/mol. The molecule has 0 aromatic carbocycles. The van der Waals surface area contributed by atoms with Gasteiger partial charge in [0.25, 0.3) is 0 Å². The molecule has 0 spiro atoms. The second kappa shape index (κ2) is 8.89. The summed E-state index contributed by atoms with van der Waals surface area (Å²) in [6, 6.07) is 0.775. The zero-order valence-electron chi connectivity index (χ0n) is 12.9. The Labute approximate surface area is 114 Å². The Morgan fingerprint density at radius 3 is 2.22 bits per heavy atom. The molecule has 0 bridgehead atoms. The van der Waals surface area contributed by atoms with Gasteiger partial charge >= 0.3 is 0 Å². The maximum atomic E-state index is 3.56. The van der Waals surface area contributed by atoms with Crippen molar-refractivity contribution in [2.24, 2.45) is 5.92 Å². The van der Waals surface area contributed by atoms with Crippen LogP contribution in [0, 0.1) is 5.92 Å². The molecule has 1 aliphatic heterocycles. The van der Waals surface area contributed by atoms with Gasteiger partial charge in [0.15, 0.2) is 0 Å². The summed E-state index contributed by atoms with van der Waals surface area (Å²) in [6.07, 6.45) is 2.62. The molecule has 0 aliphatic carbocycles. The molecule has 2 atom stereocenters. The van der Waals surface area contributed by atoms with Crippen LogP contribution in [0.3, 0.4) is 0 Å². The van der Waals surface area contributed by atoms with E-state index in [9.17, 15) is 0 Å². The zero-order valence-corrected chi connectivity index (χ0v) is 12.9. The van der Waals surface area contributed by atoms with Crippen LogP contribution in [0.25, 0.3) is 0 Å². The van der Waals surface area contributed by atoms with Crippen molar-refractivity contribution < 1.29 is 0 Å². The van der Waals surface area contributed by atoms with E-state index >= 15 is 0 Å². The van der Waals surface area contributed by atoms with E-state index in [1.54, 1.807) is 0 Å². The van der Waals surface area contributed by atoms with E-state index in [0.717, 1.165) is 12.0 Å². The predicted octanol–water partition coefficient (Wildman–Crippen LogP) is 2.04. The van der Waals surface area contributed by atoms with Crippen LogP contribution in [-0.2, 0) is 0 Å². The van der Waals surface area contributed by atoms with E-state index in [-0.39, 0.29) is 0 Å². The van der Waals surface area contributed by atoms with Gasteiger partial charge in [-0.2, -0.15) is 0 Å². The van der Waals surface area contributed by atoms with Crippen LogP contribution >= 0.6 is 0 Å². The fraction of sp³-hybridized carbons (Fsp3) is 1.00. The van der Waals surface area contributed by atoms with Crippen molar-refractivity contribution in [3.63, 3.8) is 0 Å². The number of hydrogen-bond acceptors (Lipinski definition) is 3. The molecule has 2 unspecified atom stereocenters. The van der Waals surface area contributed by atoms with Crippen molar-refractivity contribution in [2.45, 2.75) is 46.6 Å². The van der Waals surface area contributed by atoms with Gasteiger partial charge in [-0.3, -0.25) is 4.90 Å². The fourth-order valence-electron chi connectivity index (χ4n) is 3.16. The summed E-state index contributed by atoms with van der Waals surface area (Å²) < 4.78 is 0. The van der Waals surface area contributed by atoms with E-state index in [1.807, 2.05) is 0 Å². The molecule has 1 aliphatic rings. The van der Waals surface area contributed by atoms with Crippen LogP contribution in [0.2, 0.25) is 0 Å². The normalized spacial score (nSPS) is 24.3. The van der Waals surface area contributed by atoms with Crippen LogP contribution in [-0.4, -0.2) is 61.7 Å². The zero-order chi connectivity index (χ0) is 13.4. The lowest BCUT2D eigenvalue weighted by molar-refractivity contribution is 0.165. The molecule has 0 aromatic heterocycles. The number of nitrogens with zero attached hydrogens (tertiary/aromatic N) is 2. The summed E-state index contributed by atoms with van der Waals surface area (Å²) in [5.41, 5.74) is 0. The average Bonchev–Trinajstić information content (AvgIpc) is 2.87. The first-order valence-corrected chi connectivity index (χ1v) is 7.93. The highest BCUT2D eigenvalue weighted by Gasteiger charge is 2.29. The third kappa shape index (κ3) is 4.52. The summed E-state index contributed by atoms with van der Waals surface area (Å²) in [5, 5.41) is 3.56. The highest BCUT2D eigenvalue weighted by Crippen LogP contribution is 2.19. The van der Waals surface area contributed by atoms with Gasteiger partial charge in [0.2, 0.25) is 0 Å². The van der Waals surface area contributed by atoms with Crippen molar-refractivity contribution in [1.29, 1.82) is 0 Å². The molecule has 108 valence electrons. The second-order valence-corrected chi connectivity index (χ2v) is 5.40. The maximum Gasteiger partial charge on any atom is 0.0260 e. The van der Waals surface area contributed by atoms with Crippen molar-refractivity contribution in [1.82, 2.24) is 15.1 Å². The van der Waals surface area contributed by atoms with Crippen LogP contribution < -0.4 is 5.32 Å². The molecule has 1 saturated heterocycles. The maximum absolute atomic E-state index is 3.56. The monoisotopic (exact) mass is 255 g/mol. The molecule has 1 rings (SSSR count). The fourth-order valence-corrected chi connectivity index (χ4v) is 3.16. The summed E-state index contributed by atoms with van der Waals surface area (Å²) in [7, 11) is 0. The molecule has 0 saturated carbocycles. The topological polar surface area (TPSA) is 18.5 Å². The summed E-state index contributed by atoms with van der Waals surface area (Å²) in [6.45, 7) is 17.6. The smallest absolute Gasteiger partial charge is 0.0260 e. The van der Waals surface area contributed by atoms with E-state index in [0.29, 0.717) is 0 Å². The van der Waals surface area contributed by atoms with Gasteiger partial charge in [-0.1, -0.05) is 34.1 Å². The first kappa shape index (κ1) is 15.9. The lowest BCUT2D eigenvalue weighted by Crippen LogP contribution is -2.42. The number of hydrogen-bond donors (Lipinski definition) is 1. The summed E-state index contributed by atoms with van der Waals surface area (Å²) in [5.74, 6) is 0.860. The predicted molar refractivity (Wildman–Crippen MR) is 80.1 cm³/mol. The largest absolute Gasteiger partial charge is 0.315 e. The van der Waals surface area contributed by atoms with Gasteiger partial charge < -0.3 is 10.2 Å². The third-order valence-electron chi connectivity index (χ3n) is 4.52. The van der Waals surface area contributed by atoms with Crippen molar-refractivity contribution in [3.05, 3.63) is 0 Å². The lowest BCUT2D eigenvalue weighted by Gasteiger charge is -2.31. The molecule has 18 heavy (non-hydrogen) atoms.